The van der Waals surface area contributed by atoms with Gasteiger partial charge >= 0.3 is 0 Å². The summed E-state index contributed by atoms with van der Waals surface area (Å²) in [6, 6.07) is 17.3. The van der Waals surface area contributed by atoms with Crippen molar-refractivity contribution in [2.45, 2.75) is 23.6 Å². The number of nitrogens with zero attached hydrogens (tertiary/aromatic N) is 4. The highest BCUT2D eigenvalue weighted by Crippen LogP contribution is 2.36. The van der Waals surface area contributed by atoms with Crippen molar-refractivity contribution in [2.75, 3.05) is 6.61 Å². The van der Waals surface area contributed by atoms with Crippen molar-refractivity contribution in [2.24, 2.45) is 0 Å². The molecule has 0 amide bonds. The van der Waals surface area contributed by atoms with E-state index in [0.717, 1.165) is 28.0 Å². The van der Waals surface area contributed by atoms with Gasteiger partial charge in [0.2, 0.25) is 0 Å². The molecule has 4 rings (SSSR count). The number of fused-ring (bicyclic) bond motifs is 1. The van der Waals surface area contributed by atoms with Crippen LogP contribution in [0.2, 0.25) is 0 Å². The molecule has 1 aliphatic heterocycles. The van der Waals surface area contributed by atoms with Gasteiger partial charge < -0.3 is 9.47 Å². The summed E-state index contributed by atoms with van der Waals surface area (Å²) >= 11 is 1.59. The number of allylic oxidation sites excluding steroid dienone is 1. The van der Waals surface area contributed by atoms with Gasteiger partial charge in [0.1, 0.15) is 6.61 Å². The molecule has 6 nitrogen and oxygen atoms in total. The molecule has 1 aliphatic rings. The summed E-state index contributed by atoms with van der Waals surface area (Å²) < 4.78 is 13.9. The van der Waals surface area contributed by atoms with Crippen molar-refractivity contribution >= 4 is 11.8 Å². The van der Waals surface area contributed by atoms with Crippen LogP contribution in [-0.2, 0) is 12.3 Å². The van der Waals surface area contributed by atoms with Crippen LogP contribution in [0.15, 0.2) is 66.3 Å². The zero-order valence-corrected chi connectivity index (χ0v) is 15.9. The summed E-state index contributed by atoms with van der Waals surface area (Å²) in [6.07, 6.45) is 1.49. The van der Waals surface area contributed by atoms with Crippen molar-refractivity contribution in [3.63, 3.8) is 0 Å². The van der Waals surface area contributed by atoms with Crippen LogP contribution in [0, 0.1) is 11.3 Å². The first-order valence-corrected chi connectivity index (χ1v) is 9.81. The Morgan fingerprint density at radius 1 is 1.18 bits per heavy atom. The smallest absolute Gasteiger partial charge is 0.192 e. The van der Waals surface area contributed by atoms with Gasteiger partial charge in [-0.15, -0.1) is 16.8 Å². The Bertz CT molecular complexity index is 1020. The molecule has 28 heavy (non-hydrogen) atoms. The number of benzene rings is 2. The molecule has 0 saturated carbocycles. The maximum atomic E-state index is 8.91. The molecule has 0 saturated heterocycles. The number of ether oxygens (including phenoxy) is 2. The van der Waals surface area contributed by atoms with Gasteiger partial charge in [-0.2, -0.15) is 5.26 Å². The summed E-state index contributed by atoms with van der Waals surface area (Å²) in [5.41, 5.74) is 1.77. The minimum Gasteiger partial charge on any atom is -0.485 e. The number of para-hydroxylation sites is 2. The summed E-state index contributed by atoms with van der Waals surface area (Å²) in [5, 5.41) is 18.4. The molecule has 140 valence electrons. The lowest BCUT2D eigenvalue weighted by Gasteiger charge is -2.26. The number of rotatable bonds is 6. The van der Waals surface area contributed by atoms with E-state index in [2.05, 4.69) is 22.8 Å². The first kappa shape index (κ1) is 18.1. The minimum absolute atomic E-state index is 0.327. The molecule has 0 aliphatic carbocycles. The third-order valence-electron chi connectivity index (χ3n) is 4.30. The molecule has 2 heterocycles. The van der Waals surface area contributed by atoms with Crippen molar-refractivity contribution < 1.29 is 9.47 Å². The van der Waals surface area contributed by atoms with Crippen LogP contribution in [-0.4, -0.2) is 21.4 Å². The lowest BCUT2D eigenvalue weighted by atomic mass is 10.2. The van der Waals surface area contributed by atoms with Gasteiger partial charge in [-0.3, -0.25) is 4.57 Å². The third-order valence-corrected chi connectivity index (χ3v) is 5.34. The van der Waals surface area contributed by atoms with Crippen LogP contribution in [0.1, 0.15) is 23.1 Å². The maximum Gasteiger partial charge on any atom is 0.192 e. The zero-order chi connectivity index (χ0) is 19.3. The first-order chi connectivity index (χ1) is 13.8. The summed E-state index contributed by atoms with van der Waals surface area (Å²) in [5.74, 6) is 2.89. The number of thioether (sulfide) groups is 1. The average molecular weight is 390 g/mol. The van der Waals surface area contributed by atoms with E-state index in [0.29, 0.717) is 24.5 Å². The van der Waals surface area contributed by atoms with Gasteiger partial charge in [-0.25, -0.2) is 0 Å². The zero-order valence-electron chi connectivity index (χ0n) is 15.1. The fourth-order valence-electron chi connectivity index (χ4n) is 2.92. The van der Waals surface area contributed by atoms with E-state index in [-0.39, 0.29) is 6.10 Å². The van der Waals surface area contributed by atoms with Gasteiger partial charge in [0.05, 0.1) is 11.6 Å². The van der Waals surface area contributed by atoms with Crippen molar-refractivity contribution in [1.29, 1.82) is 5.26 Å². The third kappa shape index (κ3) is 3.73. The molecule has 0 radical (unpaired) electrons. The Balaban J connectivity index is 1.52. The highest BCUT2D eigenvalue weighted by atomic mass is 32.2. The Morgan fingerprint density at radius 3 is 2.71 bits per heavy atom. The lowest BCUT2D eigenvalue weighted by molar-refractivity contribution is 0.0821. The minimum atomic E-state index is -0.327. The molecule has 0 N–H and O–H groups in total. The van der Waals surface area contributed by atoms with Crippen molar-refractivity contribution in [1.82, 2.24) is 14.8 Å². The fraction of sp³-hybridized carbons (Fsp3) is 0.190. The SMILES string of the molecule is C=CCn1c(SCc2ccc(C#N)cc2)nnc1[C@H]1COc2ccccc2O1. The largest absolute Gasteiger partial charge is 0.485 e. The molecule has 0 unspecified atom stereocenters. The standard InChI is InChI=1S/C21H18N4O2S/c1-2-11-25-20(19-13-26-17-5-3-4-6-18(17)27-19)23-24-21(25)28-14-16-9-7-15(12-22)8-10-16/h2-10,19H,1,11,13-14H2/t19-/m1/s1. The number of aromatic nitrogens is 3. The molecule has 1 aromatic heterocycles. The van der Waals surface area contributed by atoms with Crippen LogP contribution < -0.4 is 9.47 Å². The maximum absolute atomic E-state index is 8.91. The normalized spacial score (nSPS) is 15.0. The molecule has 3 aromatic rings. The predicted molar refractivity (Wildman–Crippen MR) is 106 cm³/mol. The van der Waals surface area contributed by atoms with E-state index < -0.39 is 0 Å². The van der Waals surface area contributed by atoms with Crippen LogP contribution in [0.5, 0.6) is 11.5 Å². The van der Waals surface area contributed by atoms with E-state index >= 15 is 0 Å². The Morgan fingerprint density at radius 2 is 1.96 bits per heavy atom. The van der Waals surface area contributed by atoms with E-state index in [1.54, 1.807) is 11.8 Å². The highest BCUT2D eigenvalue weighted by molar-refractivity contribution is 7.98. The second-order valence-electron chi connectivity index (χ2n) is 6.20. The van der Waals surface area contributed by atoms with Crippen molar-refractivity contribution in [3.05, 3.63) is 78.1 Å². The molecule has 0 bridgehead atoms. The molecule has 2 aromatic carbocycles. The summed E-state index contributed by atoms with van der Waals surface area (Å²) in [6.45, 7) is 4.81. The Hall–Kier alpha value is -3.24. The molecule has 1 atom stereocenters. The van der Waals surface area contributed by atoms with Crippen LogP contribution in [0.3, 0.4) is 0 Å². The predicted octanol–water partition coefficient (Wildman–Crippen LogP) is 4.14. The lowest BCUT2D eigenvalue weighted by Crippen LogP contribution is -2.25. The molecule has 0 spiro atoms. The van der Waals surface area contributed by atoms with E-state index in [4.69, 9.17) is 14.7 Å². The van der Waals surface area contributed by atoms with E-state index in [1.165, 1.54) is 0 Å². The number of nitriles is 1. The fourth-order valence-corrected chi connectivity index (χ4v) is 3.83. The number of hydrogen-bond donors (Lipinski definition) is 0. The summed E-state index contributed by atoms with van der Waals surface area (Å²) in [7, 11) is 0. The van der Waals surface area contributed by atoms with Crippen LogP contribution in [0.25, 0.3) is 0 Å². The number of hydrogen-bond acceptors (Lipinski definition) is 6. The first-order valence-electron chi connectivity index (χ1n) is 8.83. The molecule has 7 heteroatoms. The van der Waals surface area contributed by atoms with Crippen molar-refractivity contribution in [3.8, 4) is 17.6 Å². The quantitative estimate of drug-likeness (QED) is 0.465. The highest BCUT2D eigenvalue weighted by Gasteiger charge is 2.28. The van der Waals surface area contributed by atoms with Gasteiger partial charge in [0.15, 0.2) is 28.6 Å². The van der Waals surface area contributed by atoms with Crippen LogP contribution >= 0.6 is 11.8 Å². The molecular formula is C21H18N4O2S. The van der Waals surface area contributed by atoms with Gasteiger partial charge in [-0.1, -0.05) is 42.1 Å². The van der Waals surface area contributed by atoms with Gasteiger partial charge in [0.25, 0.3) is 0 Å². The average Bonchev–Trinajstić information content (AvgIpc) is 3.15. The second kappa shape index (κ2) is 8.19. The van der Waals surface area contributed by atoms with Gasteiger partial charge in [-0.05, 0) is 29.8 Å². The Kier molecular flexibility index (Phi) is 5.31. The monoisotopic (exact) mass is 390 g/mol. The second-order valence-corrected chi connectivity index (χ2v) is 7.14. The van der Waals surface area contributed by atoms with Crippen LogP contribution in [0.4, 0.5) is 0 Å². The van der Waals surface area contributed by atoms with Gasteiger partial charge in [0, 0.05) is 12.3 Å². The Labute approximate surface area is 167 Å². The van der Waals surface area contributed by atoms with E-state index in [1.807, 2.05) is 59.2 Å². The molecular weight excluding hydrogens is 372 g/mol. The topological polar surface area (TPSA) is 73.0 Å². The molecule has 0 fully saturated rings. The van der Waals surface area contributed by atoms with E-state index in [9.17, 15) is 0 Å². The summed E-state index contributed by atoms with van der Waals surface area (Å²) in [4.78, 5) is 0.